The van der Waals surface area contributed by atoms with E-state index in [0.29, 0.717) is 23.0 Å². The zero-order valence-corrected chi connectivity index (χ0v) is 11.5. The van der Waals surface area contributed by atoms with Gasteiger partial charge in [0.15, 0.2) is 11.6 Å². The second-order valence-corrected chi connectivity index (χ2v) is 3.93. The summed E-state index contributed by atoms with van der Waals surface area (Å²) >= 11 is 0. The van der Waals surface area contributed by atoms with Gasteiger partial charge in [-0.15, -0.1) is 0 Å². The molecule has 8 heteroatoms. The van der Waals surface area contributed by atoms with E-state index in [0.717, 1.165) is 0 Å². The molecule has 1 aromatic heterocycles. The lowest BCUT2D eigenvalue weighted by molar-refractivity contribution is 0.395. The first-order chi connectivity index (χ1) is 10.2. The van der Waals surface area contributed by atoms with Gasteiger partial charge in [-0.25, -0.2) is 15.8 Å². The molecule has 21 heavy (non-hydrogen) atoms. The number of nitrogens with two attached hydrogens (primary N) is 1. The minimum absolute atomic E-state index is 0.210. The van der Waals surface area contributed by atoms with Crippen LogP contribution in [0, 0.1) is 11.3 Å². The van der Waals surface area contributed by atoms with Crippen molar-refractivity contribution < 1.29 is 9.47 Å². The highest BCUT2D eigenvalue weighted by Gasteiger charge is 2.11. The number of hydrazine groups is 1. The Morgan fingerprint density at radius 3 is 2.24 bits per heavy atom. The van der Waals surface area contributed by atoms with Crippen molar-refractivity contribution in [3.8, 4) is 17.6 Å². The van der Waals surface area contributed by atoms with Gasteiger partial charge in [0.25, 0.3) is 0 Å². The van der Waals surface area contributed by atoms with Gasteiger partial charge in [-0.05, 0) is 0 Å². The fraction of sp³-hybridized carbons (Fsp3) is 0.154. The number of hydrogen-bond acceptors (Lipinski definition) is 8. The number of benzene rings is 1. The summed E-state index contributed by atoms with van der Waals surface area (Å²) in [5, 5.41) is 12.2. The molecule has 2 rings (SSSR count). The molecule has 4 N–H and O–H groups in total. The summed E-state index contributed by atoms with van der Waals surface area (Å²) in [6.45, 7) is 0. The van der Waals surface area contributed by atoms with E-state index in [9.17, 15) is 5.26 Å². The molecule has 0 spiro atoms. The summed E-state index contributed by atoms with van der Waals surface area (Å²) < 4.78 is 10.4. The number of methoxy groups -OCH3 is 2. The SMILES string of the molecule is COc1cc(Nc2ncnc(NN)c2C#N)cc(OC)c1. The summed E-state index contributed by atoms with van der Waals surface area (Å²) in [7, 11) is 3.11. The molecule has 0 aliphatic rings. The summed E-state index contributed by atoms with van der Waals surface area (Å²) in [4.78, 5) is 7.92. The zero-order valence-electron chi connectivity index (χ0n) is 11.5. The van der Waals surface area contributed by atoms with Gasteiger partial charge in [0.1, 0.15) is 29.5 Å². The first-order valence-electron chi connectivity index (χ1n) is 5.93. The predicted octanol–water partition coefficient (Wildman–Crippen LogP) is 1.39. The maximum Gasteiger partial charge on any atom is 0.163 e. The van der Waals surface area contributed by atoms with Crippen molar-refractivity contribution in [3.05, 3.63) is 30.1 Å². The van der Waals surface area contributed by atoms with E-state index < -0.39 is 0 Å². The summed E-state index contributed by atoms with van der Waals surface area (Å²) in [5.41, 5.74) is 3.22. The third-order valence-corrected chi connectivity index (χ3v) is 2.71. The Labute approximate surface area is 121 Å². The Balaban J connectivity index is 2.41. The fourth-order valence-corrected chi connectivity index (χ4v) is 1.71. The van der Waals surface area contributed by atoms with Gasteiger partial charge in [-0.3, -0.25) is 0 Å². The van der Waals surface area contributed by atoms with Crippen molar-refractivity contribution in [3.63, 3.8) is 0 Å². The molecule has 0 radical (unpaired) electrons. The average Bonchev–Trinajstić information content (AvgIpc) is 2.54. The molecule has 0 bridgehead atoms. The van der Waals surface area contributed by atoms with Crippen LogP contribution in [-0.2, 0) is 0 Å². The van der Waals surface area contributed by atoms with E-state index in [1.54, 1.807) is 32.4 Å². The number of aromatic nitrogens is 2. The van der Waals surface area contributed by atoms with Crippen LogP contribution < -0.4 is 26.1 Å². The Morgan fingerprint density at radius 2 is 1.71 bits per heavy atom. The van der Waals surface area contributed by atoms with Crippen molar-refractivity contribution in [2.24, 2.45) is 5.84 Å². The second kappa shape index (κ2) is 6.40. The van der Waals surface area contributed by atoms with E-state index >= 15 is 0 Å². The maximum atomic E-state index is 9.19. The second-order valence-electron chi connectivity index (χ2n) is 3.93. The molecular formula is C13H14N6O2. The number of nitrogen functional groups attached to an aromatic ring is 1. The van der Waals surface area contributed by atoms with Crippen LogP contribution in [0.2, 0.25) is 0 Å². The lowest BCUT2D eigenvalue weighted by Gasteiger charge is -2.12. The number of anilines is 3. The molecule has 2 aromatic rings. The summed E-state index contributed by atoms with van der Waals surface area (Å²) in [5.74, 6) is 7.12. The highest BCUT2D eigenvalue weighted by molar-refractivity contribution is 5.70. The van der Waals surface area contributed by atoms with Crippen LogP contribution in [0.5, 0.6) is 11.5 Å². The molecule has 8 nitrogen and oxygen atoms in total. The van der Waals surface area contributed by atoms with Crippen LogP contribution >= 0.6 is 0 Å². The number of hydrogen-bond donors (Lipinski definition) is 3. The van der Waals surface area contributed by atoms with Crippen molar-refractivity contribution in [2.45, 2.75) is 0 Å². The molecule has 0 saturated carbocycles. The molecule has 0 amide bonds. The lowest BCUT2D eigenvalue weighted by atomic mass is 10.2. The molecule has 0 aliphatic carbocycles. The monoisotopic (exact) mass is 286 g/mol. The standard InChI is InChI=1S/C13H14N6O2/c1-20-9-3-8(4-10(5-9)21-2)18-12-11(6-14)13(19-15)17-7-16-12/h3-5,7H,15H2,1-2H3,(H2,16,17,18,19). The molecule has 0 fully saturated rings. The van der Waals surface area contributed by atoms with Gasteiger partial charge >= 0.3 is 0 Å². The van der Waals surface area contributed by atoms with Gasteiger partial charge in [0.2, 0.25) is 0 Å². The first kappa shape index (κ1) is 14.4. The van der Waals surface area contributed by atoms with E-state index in [1.165, 1.54) is 6.33 Å². The number of ether oxygens (including phenoxy) is 2. The van der Waals surface area contributed by atoms with E-state index in [2.05, 4.69) is 20.7 Å². The van der Waals surface area contributed by atoms with Crippen LogP contribution in [0.1, 0.15) is 5.56 Å². The number of nitrogens with one attached hydrogen (secondary N) is 2. The van der Waals surface area contributed by atoms with Crippen LogP contribution in [0.4, 0.5) is 17.3 Å². The minimum Gasteiger partial charge on any atom is -0.497 e. The van der Waals surface area contributed by atoms with Gasteiger partial charge in [0, 0.05) is 23.9 Å². The third-order valence-electron chi connectivity index (χ3n) is 2.71. The van der Waals surface area contributed by atoms with Gasteiger partial charge < -0.3 is 20.2 Å². The summed E-state index contributed by atoms with van der Waals surface area (Å²) in [6.07, 6.45) is 1.30. The molecular weight excluding hydrogens is 272 g/mol. The maximum absolute atomic E-state index is 9.19. The predicted molar refractivity (Wildman–Crippen MR) is 77.4 cm³/mol. The Kier molecular flexibility index (Phi) is 4.38. The highest BCUT2D eigenvalue weighted by Crippen LogP contribution is 2.29. The molecule has 108 valence electrons. The third kappa shape index (κ3) is 3.10. The molecule has 1 heterocycles. The minimum atomic E-state index is 0.210. The number of nitrogens with zero attached hydrogens (tertiary/aromatic N) is 3. The molecule has 1 aromatic carbocycles. The van der Waals surface area contributed by atoms with E-state index in [4.69, 9.17) is 15.3 Å². The van der Waals surface area contributed by atoms with E-state index in [-0.39, 0.29) is 11.4 Å². The van der Waals surface area contributed by atoms with Crippen LogP contribution in [0.3, 0.4) is 0 Å². The quantitative estimate of drug-likeness (QED) is 0.557. The van der Waals surface area contributed by atoms with Gasteiger partial charge in [0.05, 0.1) is 14.2 Å². The number of rotatable bonds is 5. The van der Waals surface area contributed by atoms with Crippen molar-refractivity contribution in [2.75, 3.05) is 25.0 Å². The topological polar surface area (TPSA) is 118 Å². The van der Waals surface area contributed by atoms with Crippen LogP contribution in [-0.4, -0.2) is 24.2 Å². The Bertz CT molecular complexity index is 661. The van der Waals surface area contributed by atoms with Gasteiger partial charge in [-0.1, -0.05) is 0 Å². The van der Waals surface area contributed by atoms with Crippen molar-refractivity contribution >= 4 is 17.3 Å². The lowest BCUT2D eigenvalue weighted by Crippen LogP contribution is -2.12. The Morgan fingerprint density at radius 1 is 1.10 bits per heavy atom. The average molecular weight is 286 g/mol. The Hall–Kier alpha value is -3.05. The smallest absolute Gasteiger partial charge is 0.163 e. The zero-order chi connectivity index (χ0) is 15.2. The molecule has 0 unspecified atom stereocenters. The molecule has 0 aliphatic heterocycles. The fourth-order valence-electron chi connectivity index (χ4n) is 1.71. The first-order valence-corrected chi connectivity index (χ1v) is 5.93. The number of nitriles is 1. The van der Waals surface area contributed by atoms with Gasteiger partial charge in [-0.2, -0.15) is 5.26 Å². The summed E-state index contributed by atoms with van der Waals surface area (Å²) in [6, 6.07) is 7.24. The van der Waals surface area contributed by atoms with Crippen molar-refractivity contribution in [1.29, 1.82) is 5.26 Å². The van der Waals surface area contributed by atoms with Crippen LogP contribution in [0.25, 0.3) is 0 Å². The van der Waals surface area contributed by atoms with Crippen LogP contribution in [0.15, 0.2) is 24.5 Å². The molecule has 0 atom stereocenters. The highest BCUT2D eigenvalue weighted by atomic mass is 16.5. The molecule has 0 saturated heterocycles. The largest absolute Gasteiger partial charge is 0.497 e. The van der Waals surface area contributed by atoms with E-state index in [1.807, 2.05) is 6.07 Å². The van der Waals surface area contributed by atoms with Crippen molar-refractivity contribution in [1.82, 2.24) is 9.97 Å². The normalized spacial score (nSPS) is 9.62.